The fourth-order valence-corrected chi connectivity index (χ4v) is 1.94. The van der Waals surface area contributed by atoms with Crippen LogP contribution in [0.1, 0.15) is 42.6 Å². The Morgan fingerprint density at radius 3 is 2.94 bits per heavy atom. The predicted molar refractivity (Wildman–Crippen MR) is 69.5 cm³/mol. The predicted octanol–water partition coefficient (Wildman–Crippen LogP) is 4.16. The Hall–Kier alpha value is -0.960. The van der Waals surface area contributed by atoms with Crippen molar-refractivity contribution in [3.8, 4) is 0 Å². The zero-order valence-electron chi connectivity index (χ0n) is 9.29. The number of halogens is 1. The van der Waals surface area contributed by atoms with E-state index in [9.17, 15) is 4.79 Å². The molecule has 0 spiro atoms. The standard InChI is InChI=1S/C13H16BrNO/c1-2-3-4-5-6-9-12(16)13-11(14)8-7-10-15-13/h2,7-8,10H,1,3-6,9H2. The molecule has 1 heterocycles. The Morgan fingerprint density at radius 1 is 1.44 bits per heavy atom. The first-order valence-electron chi connectivity index (χ1n) is 5.50. The van der Waals surface area contributed by atoms with Crippen LogP contribution in [0.2, 0.25) is 0 Å². The molecule has 0 amide bonds. The Bertz CT molecular complexity index is 363. The monoisotopic (exact) mass is 281 g/mol. The van der Waals surface area contributed by atoms with E-state index in [1.165, 1.54) is 0 Å². The quantitative estimate of drug-likeness (QED) is 0.427. The number of carbonyl (C=O) groups is 1. The van der Waals surface area contributed by atoms with Gasteiger partial charge in [0.05, 0.1) is 0 Å². The van der Waals surface area contributed by atoms with Gasteiger partial charge in [-0.15, -0.1) is 6.58 Å². The van der Waals surface area contributed by atoms with Crippen molar-refractivity contribution >= 4 is 21.7 Å². The van der Waals surface area contributed by atoms with Crippen LogP contribution >= 0.6 is 15.9 Å². The molecule has 0 aromatic carbocycles. The minimum Gasteiger partial charge on any atom is -0.292 e. The Labute approximate surface area is 105 Å². The van der Waals surface area contributed by atoms with Crippen LogP contribution in [0, 0.1) is 0 Å². The number of nitrogens with zero attached hydrogens (tertiary/aromatic N) is 1. The van der Waals surface area contributed by atoms with Gasteiger partial charge in [-0.25, -0.2) is 0 Å². The molecule has 2 nitrogen and oxygen atoms in total. The van der Waals surface area contributed by atoms with Gasteiger partial charge in [0.15, 0.2) is 5.78 Å². The third-order valence-corrected chi connectivity index (χ3v) is 2.97. The van der Waals surface area contributed by atoms with E-state index in [0.717, 1.165) is 30.2 Å². The number of ketones is 1. The molecule has 0 atom stereocenters. The molecule has 0 bridgehead atoms. The average molecular weight is 282 g/mol. The van der Waals surface area contributed by atoms with Crippen LogP contribution in [0.15, 0.2) is 35.5 Å². The van der Waals surface area contributed by atoms with Crippen molar-refractivity contribution in [1.29, 1.82) is 0 Å². The van der Waals surface area contributed by atoms with Gasteiger partial charge in [-0.2, -0.15) is 0 Å². The summed E-state index contributed by atoms with van der Waals surface area (Å²) in [4.78, 5) is 15.9. The number of hydrogen-bond acceptors (Lipinski definition) is 2. The smallest absolute Gasteiger partial charge is 0.182 e. The molecule has 0 saturated heterocycles. The highest BCUT2D eigenvalue weighted by Gasteiger charge is 2.09. The summed E-state index contributed by atoms with van der Waals surface area (Å²) in [5.74, 6) is 0.117. The summed E-state index contributed by atoms with van der Waals surface area (Å²) in [7, 11) is 0. The van der Waals surface area contributed by atoms with E-state index in [1.807, 2.05) is 18.2 Å². The minimum atomic E-state index is 0.117. The highest BCUT2D eigenvalue weighted by Crippen LogP contribution is 2.16. The number of Topliss-reactive ketones (excluding diaryl/α,β-unsaturated/α-hetero) is 1. The van der Waals surface area contributed by atoms with E-state index >= 15 is 0 Å². The van der Waals surface area contributed by atoms with Crippen LogP contribution in [0.3, 0.4) is 0 Å². The van der Waals surface area contributed by atoms with E-state index in [0.29, 0.717) is 12.1 Å². The van der Waals surface area contributed by atoms with Crippen LogP contribution in [0.5, 0.6) is 0 Å². The summed E-state index contributed by atoms with van der Waals surface area (Å²) in [5.41, 5.74) is 0.547. The molecule has 0 fully saturated rings. The third-order valence-electron chi connectivity index (χ3n) is 2.33. The molecule has 0 unspecified atom stereocenters. The van der Waals surface area contributed by atoms with Gasteiger partial charge in [0.25, 0.3) is 0 Å². The van der Waals surface area contributed by atoms with Crippen LogP contribution in [0.25, 0.3) is 0 Å². The average Bonchev–Trinajstić information content (AvgIpc) is 2.29. The Balaban J connectivity index is 2.36. The van der Waals surface area contributed by atoms with Gasteiger partial charge in [-0.05, 0) is 47.3 Å². The molecule has 86 valence electrons. The Kier molecular flexibility index (Phi) is 6.01. The maximum atomic E-state index is 11.8. The lowest BCUT2D eigenvalue weighted by Crippen LogP contribution is -2.02. The molecule has 0 saturated carbocycles. The van der Waals surface area contributed by atoms with Gasteiger partial charge in [-0.1, -0.05) is 12.5 Å². The van der Waals surface area contributed by atoms with Crippen LogP contribution in [-0.2, 0) is 0 Å². The molecular weight excluding hydrogens is 266 g/mol. The summed E-state index contributed by atoms with van der Waals surface area (Å²) in [6.07, 6.45) is 8.28. The van der Waals surface area contributed by atoms with Gasteiger partial charge >= 0.3 is 0 Å². The third kappa shape index (κ3) is 4.27. The van der Waals surface area contributed by atoms with E-state index in [1.54, 1.807) is 6.20 Å². The second-order valence-corrected chi connectivity index (χ2v) is 4.50. The van der Waals surface area contributed by atoms with Crippen molar-refractivity contribution in [2.24, 2.45) is 0 Å². The first-order chi connectivity index (χ1) is 7.75. The zero-order chi connectivity index (χ0) is 11.8. The van der Waals surface area contributed by atoms with Crippen molar-refractivity contribution in [3.63, 3.8) is 0 Å². The van der Waals surface area contributed by atoms with Gasteiger partial charge in [0, 0.05) is 17.1 Å². The van der Waals surface area contributed by atoms with Crippen LogP contribution in [-0.4, -0.2) is 10.8 Å². The minimum absolute atomic E-state index is 0.117. The number of aromatic nitrogens is 1. The SMILES string of the molecule is C=CCCCCCC(=O)c1ncccc1Br. The normalized spacial score (nSPS) is 10.1. The van der Waals surface area contributed by atoms with Crippen molar-refractivity contribution < 1.29 is 4.79 Å². The summed E-state index contributed by atoms with van der Waals surface area (Å²) < 4.78 is 0.783. The number of carbonyl (C=O) groups excluding carboxylic acids is 1. The molecule has 0 aliphatic carbocycles. The van der Waals surface area contributed by atoms with Gasteiger partial charge in [0.2, 0.25) is 0 Å². The number of hydrogen-bond donors (Lipinski definition) is 0. The number of rotatable bonds is 7. The summed E-state index contributed by atoms with van der Waals surface area (Å²) in [6.45, 7) is 3.67. The Morgan fingerprint density at radius 2 is 2.25 bits per heavy atom. The van der Waals surface area contributed by atoms with E-state index in [2.05, 4.69) is 27.5 Å². The first kappa shape index (κ1) is 13.1. The van der Waals surface area contributed by atoms with E-state index in [-0.39, 0.29) is 5.78 Å². The number of allylic oxidation sites excluding steroid dienone is 1. The zero-order valence-corrected chi connectivity index (χ0v) is 10.9. The summed E-state index contributed by atoms with van der Waals surface area (Å²) in [5, 5.41) is 0. The van der Waals surface area contributed by atoms with Crippen LogP contribution in [0.4, 0.5) is 0 Å². The highest BCUT2D eigenvalue weighted by atomic mass is 79.9. The molecule has 0 N–H and O–H groups in total. The second-order valence-electron chi connectivity index (χ2n) is 3.65. The summed E-state index contributed by atoms with van der Waals surface area (Å²) in [6, 6.07) is 3.66. The topological polar surface area (TPSA) is 30.0 Å². The lowest BCUT2D eigenvalue weighted by molar-refractivity contribution is 0.0973. The van der Waals surface area contributed by atoms with Gasteiger partial charge < -0.3 is 0 Å². The second kappa shape index (κ2) is 7.34. The van der Waals surface area contributed by atoms with Crippen molar-refractivity contribution in [2.45, 2.75) is 32.1 Å². The molecule has 0 aliphatic rings. The highest BCUT2D eigenvalue weighted by molar-refractivity contribution is 9.10. The van der Waals surface area contributed by atoms with Gasteiger partial charge in [0.1, 0.15) is 5.69 Å². The molecule has 1 aromatic rings. The van der Waals surface area contributed by atoms with Crippen molar-refractivity contribution in [1.82, 2.24) is 4.98 Å². The number of pyridine rings is 1. The molecule has 1 rings (SSSR count). The first-order valence-corrected chi connectivity index (χ1v) is 6.29. The maximum Gasteiger partial charge on any atom is 0.182 e. The summed E-state index contributed by atoms with van der Waals surface area (Å²) >= 11 is 3.33. The fraction of sp³-hybridized carbons (Fsp3) is 0.385. The molecule has 1 aromatic heterocycles. The number of unbranched alkanes of at least 4 members (excludes halogenated alkanes) is 3. The largest absolute Gasteiger partial charge is 0.292 e. The molecule has 0 aliphatic heterocycles. The lowest BCUT2D eigenvalue weighted by Gasteiger charge is -2.02. The van der Waals surface area contributed by atoms with Crippen LogP contribution < -0.4 is 0 Å². The fourth-order valence-electron chi connectivity index (χ4n) is 1.46. The van der Waals surface area contributed by atoms with Crippen molar-refractivity contribution in [3.05, 3.63) is 41.2 Å². The maximum absolute atomic E-state index is 11.8. The van der Waals surface area contributed by atoms with E-state index < -0.39 is 0 Å². The molecule has 3 heteroatoms. The lowest BCUT2D eigenvalue weighted by atomic mass is 10.1. The molecule has 0 radical (unpaired) electrons. The van der Waals surface area contributed by atoms with Gasteiger partial charge in [-0.3, -0.25) is 9.78 Å². The molecular formula is C13H16BrNO. The molecule has 16 heavy (non-hydrogen) atoms. The van der Waals surface area contributed by atoms with Crippen molar-refractivity contribution in [2.75, 3.05) is 0 Å². The van der Waals surface area contributed by atoms with E-state index in [4.69, 9.17) is 0 Å².